The van der Waals surface area contributed by atoms with Crippen molar-refractivity contribution in [2.45, 2.75) is 453 Å². The molecule has 0 radical (unpaired) electrons. The van der Waals surface area contributed by atoms with E-state index >= 15 is 0 Å². The Morgan fingerprint density at radius 2 is 0.657 bits per heavy atom. The lowest BCUT2D eigenvalue weighted by atomic mass is 9.97. The summed E-state index contributed by atoms with van der Waals surface area (Å²) in [5.41, 5.74) is 0. The molecule has 2 saturated heterocycles. The summed E-state index contributed by atoms with van der Waals surface area (Å²) in [5, 5.41) is 87.9. The topological polar surface area (TPSA) is 228 Å². The highest BCUT2D eigenvalue weighted by molar-refractivity contribution is 5.76. The molecule has 2 aliphatic rings. The van der Waals surface area contributed by atoms with Crippen molar-refractivity contribution in [1.82, 2.24) is 5.32 Å². The smallest absolute Gasteiger partial charge is 0.220 e. The van der Waals surface area contributed by atoms with Crippen LogP contribution in [0.4, 0.5) is 0 Å². The van der Waals surface area contributed by atoms with Gasteiger partial charge in [-0.05, 0) is 77.0 Å². The van der Waals surface area contributed by atoms with Crippen molar-refractivity contribution >= 4 is 5.91 Å². The molecule has 0 bridgehead atoms. The Bertz CT molecular complexity index is 2140. The summed E-state index contributed by atoms with van der Waals surface area (Å²) in [6.07, 6.45) is 89.3. The molecule has 0 spiro atoms. The van der Waals surface area contributed by atoms with Crippen LogP contribution in [0.25, 0.3) is 0 Å². The fourth-order valence-electron chi connectivity index (χ4n) is 14.2. The molecule has 610 valence electrons. The predicted octanol–water partition coefficient (Wildman–Crippen LogP) is 21.2. The summed E-state index contributed by atoms with van der Waals surface area (Å²) < 4.78 is 23.0. The van der Waals surface area contributed by atoms with Crippen LogP contribution in [-0.2, 0) is 23.7 Å². The van der Waals surface area contributed by atoms with Crippen molar-refractivity contribution < 1.29 is 64.6 Å². The number of allylic oxidation sites excluding steroid dienone is 15. The first kappa shape index (κ1) is 98.0. The van der Waals surface area contributed by atoms with E-state index in [4.69, 9.17) is 18.9 Å². The van der Waals surface area contributed by atoms with Crippen LogP contribution in [0.5, 0.6) is 0 Å². The van der Waals surface area contributed by atoms with Crippen LogP contribution >= 0.6 is 0 Å². The van der Waals surface area contributed by atoms with Gasteiger partial charge in [-0.3, -0.25) is 4.79 Å². The first-order valence-electron chi connectivity index (χ1n) is 44.0. The predicted molar refractivity (Wildman–Crippen MR) is 438 cm³/mol. The maximum atomic E-state index is 13.4. The van der Waals surface area contributed by atoms with E-state index in [1.54, 1.807) is 6.08 Å². The average Bonchev–Trinajstić information content (AvgIpc) is 0.789. The van der Waals surface area contributed by atoms with E-state index in [-0.39, 0.29) is 18.9 Å². The molecule has 9 N–H and O–H groups in total. The fraction of sp³-hybridized carbons (Fsp3) is 0.813. The SMILES string of the molecule is CC/C=C\C/C=C\C/C=C\C/C=C\C/C=C\C/C=C\C/C=C\CCCCCCCCCCCCCCCCCCCC(=O)NC(COC1OC(CO)C(OC2OC(CO)C(O)C(O)C2O)C(O)C1O)C(O)/C=C/CCCCCCCCCCCCCCCCCCCCCCCCCCCCCCCC. The molecule has 12 unspecified atom stereocenters. The average molecular weight is 1480 g/mol. The van der Waals surface area contributed by atoms with E-state index in [0.717, 1.165) is 83.5 Å². The lowest BCUT2D eigenvalue weighted by molar-refractivity contribution is -0.359. The van der Waals surface area contributed by atoms with Gasteiger partial charge >= 0.3 is 0 Å². The van der Waals surface area contributed by atoms with Gasteiger partial charge in [-0.15, -0.1) is 0 Å². The highest BCUT2D eigenvalue weighted by atomic mass is 16.7. The van der Waals surface area contributed by atoms with Crippen LogP contribution in [0.15, 0.2) is 97.2 Å². The summed E-state index contributed by atoms with van der Waals surface area (Å²) in [6, 6.07) is -0.921. The highest BCUT2D eigenvalue weighted by Crippen LogP contribution is 2.30. The van der Waals surface area contributed by atoms with E-state index in [1.807, 2.05) is 6.08 Å². The number of carbonyl (C=O) groups excluding carboxylic acids is 1. The number of hydrogen-bond donors (Lipinski definition) is 9. The van der Waals surface area contributed by atoms with Crippen molar-refractivity contribution in [3.05, 3.63) is 97.2 Å². The first-order chi connectivity index (χ1) is 51.6. The minimum Gasteiger partial charge on any atom is -0.394 e. The molecule has 14 heteroatoms. The van der Waals surface area contributed by atoms with Crippen molar-refractivity contribution in [3.63, 3.8) is 0 Å². The van der Waals surface area contributed by atoms with Gasteiger partial charge in [0.2, 0.25) is 5.91 Å². The number of aliphatic hydroxyl groups is 8. The zero-order valence-corrected chi connectivity index (χ0v) is 67.2. The first-order valence-corrected chi connectivity index (χ1v) is 44.0. The zero-order chi connectivity index (χ0) is 75.8. The largest absolute Gasteiger partial charge is 0.394 e. The van der Waals surface area contributed by atoms with Gasteiger partial charge in [0.25, 0.3) is 0 Å². The van der Waals surface area contributed by atoms with Gasteiger partial charge in [0, 0.05) is 6.42 Å². The van der Waals surface area contributed by atoms with Gasteiger partial charge in [-0.25, -0.2) is 0 Å². The van der Waals surface area contributed by atoms with Crippen LogP contribution in [0.3, 0.4) is 0 Å². The minimum atomic E-state index is -1.79. The lowest BCUT2D eigenvalue weighted by Gasteiger charge is -2.46. The Labute approximate surface area is 643 Å². The van der Waals surface area contributed by atoms with Crippen LogP contribution in [0.2, 0.25) is 0 Å². The van der Waals surface area contributed by atoms with Gasteiger partial charge in [0.15, 0.2) is 12.6 Å². The van der Waals surface area contributed by atoms with Crippen molar-refractivity contribution in [2.75, 3.05) is 19.8 Å². The molecule has 2 aliphatic heterocycles. The van der Waals surface area contributed by atoms with Crippen molar-refractivity contribution in [1.29, 1.82) is 0 Å². The third kappa shape index (κ3) is 55.9. The minimum absolute atomic E-state index is 0.235. The van der Waals surface area contributed by atoms with Gasteiger partial charge in [-0.1, -0.05) is 394 Å². The fourth-order valence-corrected chi connectivity index (χ4v) is 14.2. The molecule has 12 atom stereocenters. The van der Waals surface area contributed by atoms with E-state index in [9.17, 15) is 45.6 Å². The maximum absolute atomic E-state index is 13.4. The van der Waals surface area contributed by atoms with Crippen molar-refractivity contribution in [2.24, 2.45) is 0 Å². The normalized spacial score (nSPS) is 21.8. The molecular weight excluding hydrogens is 1310 g/mol. The molecule has 0 aliphatic carbocycles. The number of carbonyl (C=O) groups is 1. The van der Waals surface area contributed by atoms with Crippen LogP contribution in [0, 0.1) is 0 Å². The third-order valence-corrected chi connectivity index (χ3v) is 21.0. The summed E-state index contributed by atoms with van der Waals surface area (Å²) in [7, 11) is 0. The summed E-state index contributed by atoms with van der Waals surface area (Å²) in [6.45, 7) is 2.74. The molecule has 0 aromatic rings. The molecule has 2 rings (SSSR count). The second kappa shape index (κ2) is 73.7. The molecule has 0 aromatic heterocycles. The quantitative estimate of drug-likeness (QED) is 0.0204. The van der Waals surface area contributed by atoms with E-state index in [2.05, 4.69) is 104 Å². The van der Waals surface area contributed by atoms with E-state index in [0.29, 0.717) is 6.42 Å². The van der Waals surface area contributed by atoms with Gasteiger partial charge in [0.1, 0.15) is 48.8 Å². The number of aliphatic hydroxyl groups excluding tert-OH is 8. The number of amides is 1. The maximum Gasteiger partial charge on any atom is 0.220 e. The second-order valence-corrected chi connectivity index (χ2v) is 30.6. The number of ether oxygens (including phenoxy) is 4. The summed E-state index contributed by atoms with van der Waals surface area (Å²) >= 11 is 0. The molecule has 105 heavy (non-hydrogen) atoms. The van der Waals surface area contributed by atoms with E-state index in [1.165, 1.54) is 270 Å². The standard InChI is InChI=1S/C91H163NO13/c1-3-5-7-9-11-13-15-17-19-21-23-25-27-29-31-33-35-37-38-39-40-41-42-43-45-47-49-51-53-55-57-59-61-63-65-67-69-71-73-75-83(96)92-79(78-102-90-88(101)86(99)89(82(77-94)104-90)105-91-87(100)85(98)84(97)81(76-93)103-91)80(95)74-72-70-68-66-64-62-60-58-56-54-52-50-48-46-44-36-34-32-30-28-26-24-22-20-18-16-14-12-10-8-6-4-2/h5,7,11,13,17,19,23,25,29,31,35,37,39-40,72,74,79-82,84-91,93-95,97-101H,3-4,6,8-10,12,14-16,18,20-22,24,26-28,30,32-34,36,38,41-71,73,75-78H2,1-2H3,(H,92,96)/b7-5-,13-11-,19-17-,25-23-,31-29-,37-35-,40-39-,74-72+. The Morgan fingerprint density at radius 3 is 1.01 bits per heavy atom. The number of rotatable bonds is 74. The van der Waals surface area contributed by atoms with Gasteiger partial charge in [-0.2, -0.15) is 0 Å². The Morgan fingerprint density at radius 1 is 0.352 bits per heavy atom. The number of nitrogens with one attached hydrogen (secondary N) is 1. The number of unbranched alkanes of at least 4 members (excludes halogenated alkanes) is 47. The number of hydrogen-bond acceptors (Lipinski definition) is 13. The third-order valence-electron chi connectivity index (χ3n) is 21.0. The Hall–Kier alpha value is -3.09. The highest BCUT2D eigenvalue weighted by Gasteiger charge is 2.51. The molecule has 1 amide bonds. The molecule has 0 aromatic carbocycles. The van der Waals surface area contributed by atoms with E-state index < -0.39 is 86.8 Å². The monoisotopic (exact) mass is 1480 g/mol. The van der Waals surface area contributed by atoms with Crippen molar-refractivity contribution in [3.8, 4) is 0 Å². The van der Waals surface area contributed by atoms with Gasteiger partial charge < -0.3 is 65.1 Å². The zero-order valence-electron chi connectivity index (χ0n) is 67.2. The second-order valence-electron chi connectivity index (χ2n) is 30.6. The molecule has 2 fully saturated rings. The molecule has 0 saturated carbocycles. The molecule has 14 nitrogen and oxygen atoms in total. The Balaban J connectivity index is 1.58. The van der Waals surface area contributed by atoms with Crippen LogP contribution in [-0.4, -0.2) is 140 Å². The van der Waals surface area contributed by atoms with Gasteiger partial charge in [0.05, 0.1) is 32.0 Å². The van der Waals surface area contributed by atoms with Crippen LogP contribution in [0.1, 0.15) is 380 Å². The summed E-state index contributed by atoms with van der Waals surface area (Å²) in [5.74, 6) is -0.235. The lowest BCUT2D eigenvalue weighted by Crippen LogP contribution is -2.65. The Kier molecular flexibility index (Phi) is 68.8. The summed E-state index contributed by atoms with van der Waals surface area (Å²) in [4.78, 5) is 13.4. The molecular formula is C91H163NO13. The molecule has 2 heterocycles. The van der Waals surface area contributed by atoms with Crippen LogP contribution < -0.4 is 5.32 Å².